The van der Waals surface area contributed by atoms with Crippen molar-refractivity contribution in [3.8, 4) is 0 Å². The maximum atomic E-state index is 11.3. The van der Waals surface area contributed by atoms with Gasteiger partial charge in [-0.1, -0.05) is 17.7 Å². The van der Waals surface area contributed by atoms with E-state index < -0.39 is 18.3 Å². The molecule has 1 aliphatic rings. The number of benzene rings is 1. The van der Waals surface area contributed by atoms with E-state index in [9.17, 15) is 4.79 Å². The lowest BCUT2D eigenvalue weighted by atomic mass is 9.79. The van der Waals surface area contributed by atoms with E-state index in [-0.39, 0.29) is 6.03 Å². The van der Waals surface area contributed by atoms with Crippen molar-refractivity contribution in [1.29, 1.82) is 0 Å². The first-order valence-electron chi connectivity index (χ1n) is 6.80. The number of hydrogen-bond acceptors (Lipinski definition) is 3. The van der Waals surface area contributed by atoms with Crippen LogP contribution in [0.2, 0.25) is 5.02 Å². The highest BCUT2D eigenvalue weighted by atomic mass is 35.5. The minimum absolute atomic E-state index is 0.297. The summed E-state index contributed by atoms with van der Waals surface area (Å²) in [5.41, 5.74) is 0.525. The molecule has 0 unspecified atom stereocenters. The predicted octanol–water partition coefficient (Wildman–Crippen LogP) is 2.39. The zero-order valence-corrected chi connectivity index (χ0v) is 13.7. The number of hydrogen-bond donors (Lipinski definition) is 2. The van der Waals surface area contributed by atoms with Gasteiger partial charge in [-0.3, -0.25) is 0 Å². The molecule has 0 radical (unpaired) electrons. The van der Waals surface area contributed by atoms with Crippen LogP contribution < -0.4 is 16.1 Å². The lowest BCUT2D eigenvalue weighted by molar-refractivity contribution is 0.00578. The van der Waals surface area contributed by atoms with E-state index >= 15 is 0 Å². The average molecular weight is 311 g/mol. The zero-order chi connectivity index (χ0) is 15.8. The Kier molecular flexibility index (Phi) is 4.24. The zero-order valence-electron chi connectivity index (χ0n) is 12.9. The van der Waals surface area contributed by atoms with E-state index in [1.165, 1.54) is 0 Å². The van der Waals surface area contributed by atoms with E-state index in [0.717, 1.165) is 5.46 Å². The summed E-state index contributed by atoms with van der Waals surface area (Å²) in [6.45, 7) is 7.95. The molecule has 1 aliphatic heterocycles. The molecule has 114 valence electrons. The summed E-state index contributed by atoms with van der Waals surface area (Å²) in [4.78, 5) is 11.3. The Labute approximate surface area is 130 Å². The molecule has 0 atom stereocenters. The second-order valence-corrected chi connectivity index (χ2v) is 6.44. The van der Waals surface area contributed by atoms with Gasteiger partial charge in [0.1, 0.15) is 0 Å². The average Bonchev–Trinajstić information content (AvgIpc) is 2.58. The topological polar surface area (TPSA) is 59.6 Å². The molecule has 1 fully saturated rings. The van der Waals surface area contributed by atoms with Gasteiger partial charge in [0.15, 0.2) is 0 Å². The SMILES string of the molecule is CNC(=O)Nc1ccc(B2OC(C)(C)C(C)(C)O2)c(Cl)c1. The molecule has 1 aromatic rings. The van der Waals surface area contributed by atoms with Gasteiger partial charge in [0.2, 0.25) is 0 Å². The number of anilines is 1. The van der Waals surface area contributed by atoms with Gasteiger partial charge >= 0.3 is 13.1 Å². The Morgan fingerprint density at radius 3 is 2.24 bits per heavy atom. The summed E-state index contributed by atoms with van der Waals surface area (Å²) < 4.78 is 11.9. The van der Waals surface area contributed by atoms with Crippen LogP contribution in [0.25, 0.3) is 0 Å². The maximum Gasteiger partial charge on any atom is 0.496 e. The van der Waals surface area contributed by atoms with Gasteiger partial charge in [-0.2, -0.15) is 0 Å². The van der Waals surface area contributed by atoms with Gasteiger partial charge in [-0.05, 0) is 39.8 Å². The number of rotatable bonds is 2. The molecule has 21 heavy (non-hydrogen) atoms. The van der Waals surface area contributed by atoms with Crippen LogP contribution >= 0.6 is 11.6 Å². The molecule has 1 aromatic carbocycles. The first-order valence-corrected chi connectivity index (χ1v) is 7.18. The quantitative estimate of drug-likeness (QED) is 0.825. The van der Waals surface area contributed by atoms with E-state index in [4.69, 9.17) is 20.9 Å². The molecule has 1 saturated heterocycles. The summed E-state index contributed by atoms with van der Waals surface area (Å²) in [5, 5.41) is 5.64. The third kappa shape index (κ3) is 3.17. The molecule has 5 nitrogen and oxygen atoms in total. The fourth-order valence-electron chi connectivity index (χ4n) is 1.96. The number of carbonyl (C=O) groups is 1. The molecule has 0 spiro atoms. The molecule has 1 heterocycles. The number of halogens is 1. The number of urea groups is 1. The first-order chi connectivity index (χ1) is 9.66. The second-order valence-electron chi connectivity index (χ2n) is 6.03. The fourth-order valence-corrected chi connectivity index (χ4v) is 2.23. The molecule has 2 amide bonds. The van der Waals surface area contributed by atoms with Gasteiger partial charge in [-0.15, -0.1) is 0 Å². The fraction of sp³-hybridized carbons (Fsp3) is 0.500. The van der Waals surface area contributed by atoms with Crippen molar-refractivity contribution in [3.63, 3.8) is 0 Å². The highest BCUT2D eigenvalue weighted by Crippen LogP contribution is 2.37. The van der Waals surface area contributed by atoms with Crippen LogP contribution in [0.3, 0.4) is 0 Å². The molecular weight excluding hydrogens is 290 g/mol. The van der Waals surface area contributed by atoms with Crippen LogP contribution in [-0.4, -0.2) is 31.4 Å². The number of carbonyl (C=O) groups excluding carboxylic acids is 1. The largest absolute Gasteiger partial charge is 0.496 e. The monoisotopic (exact) mass is 310 g/mol. The van der Waals surface area contributed by atoms with Gasteiger partial charge in [-0.25, -0.2) is 4.79 Å². The Bertz CT molecular complexity index is 547. The second kappa shape index (κ2) is 5.52. The lowest BCUT2D eigenvalue weighted by Crippen LogP contribution is -2.41. The summed E-state index contributed by atoms with van der Waals surface area (Å²) in [6.07, 6.45) is 0. The van der Waals surface area contributed by atoms with Crippen molar-refractivity contribution >= 4 is 35.9 Å². The van der Waals surface area contributed by atoms with Crippen molar-refractivity contribution in [1.82, 2.24) is 5.32 Å². The van der Waals surface area contributed by atoms with Crippen LogP contribution in [0.4, 0.5) is 10.5 Å². The van der Waals surface area contributed by atoms with Crippen LogP contribution in [0.15, 0.2) is 18.2 Å². The molecule has 0 saturated carbocycles. The smallest absolute Gasteiger partial charge is 0.399 e. The van der Waals surface area contributed by atoms with Crippen molar-refractivity contribution < 1.29 is 14.1 Å². The Morgan fingerprint density at radius 2 is 1.76 bits per heavy atom. The van der Waals surface area contributed by atoms with Crippen molar-refractivity contribution in [3.05, 3.63) is 23.2 Å². The normalized spacial score (nSPS) is 19.4. The summed E-state index contributed by atoms with van der Waals surface area (Å²) >= 11 is 6.29. The van der Waals surface area contributed by atoms with Gasteiger partial charge in [0.25, 0.3) is 0 Å². The molecule has 2 N–H and O–H groups in total. The van der Waals surface area contributed by atoms with Crippen molar-refractivity contribution in [2.24, 2.45) is 0 Å². The third-order valence-electron chi connectivity index (χ3n) is 3.99. The predicted molar refractivity (Wildman–Crippen MR) is 85.2 cm³/mol. The summed E-state index contributed by atoms with van der Waals surface area (Å²) in [7, 11) is 1.03. The lowest BCUT2D eigenvalue weighted by Gasteiger charge is -2.32. The molecule has 0 bridgehead atoms. The Hall–Kier alpha value is -1.24. The summed E-state index contributed by atoms with van der Waals surface area (Å²) in [5.74, 6) is 0. The highest BCUT2D eigenvalue weighted by molar-refractivity contribution is 6.65. The van der Waals surface area contributed by atoms with E-state index in [1.807, 2.05) is 27.7 Å². The highest BCUT2D eigenvalue weighted by Gasteiger charge is 2.52. The molecule has 7 heteroatoms. The van der Waals surface area contributed by atoms with E-state index in [1.54, 1.807) is 25.2 Å². The van der Waals surface area contributed by atoms with Crippen LogP contribution in [0.5, 0.6) is 0 Å². The van der Waals surface area contributed by atoms with Crippen LogP contribution in [0.1, 0.15) is 27.7 Å². The van der Waals surface area contributed by atoms with Gasteiger partial charge in [0.05, 0.1) is 11.2 Å². The number of nitrogens with one attached hydrogen (secondary N) is 2. The molecular formula is C14H20BClN2O3. The van der Waals surface area contributed by atoms with Crippen molar-refractivity contribution in [2.75, 3.05) is 12.4 Å². The number of amides is 2. The van der Waals surface area contributed by atoms with Gasteiger partial charge in [0, 0.05) is 23.2 Å². The third-order valence-corrected chi connectivity index (χ3v) is 4.32. The molecule has 0 aliphatic carbocycles. The first kappa shape index (κ1) is 16.1. The Morgan fingerprint density at radius 1 is 1.19 bits per heavy atom. The van der Waals surface area contributed by atoms with Gasteiger partial charge < -0.3 is 19.9 Å². The Balaban J connectivity index is 2.21. The molecule has 0 aromatic heterocycles. The summed E-state index contributed by atoms with van der Waals surface area (Å²) in [6, 6.07) is 4.95. The minimum Gasteiger partial charge on any atom is -0.399 e. The van der Waals surface area contributed by atoms with Crippen LogP contribution in [-0.2, 0) is 9.31 Å². The maximum absolute atomic E-state index is 11.3. The minimum atomic E-state index is -0.517. The van der Waals surface area contributed by atoms with Crippen LogP contribution in [0, 0.1) is 0 Å². The van der Waals surface area contributed by atoms with E-state index in [0.29, 0.717) is 10.7 Å². The van der Waals surface area contributed by atoms with E-state index in [2.05, 4.69) is 10.6 Å². The molecule has 2 rings (SSSR count). The van der Waals surface area contributed by atoms with Crippen molar-refractivity contribution in [2.45, 2.75) is 38.9 Å². The standard InChI is InChI=1S/C14H20BClN2O3/c1-13(2)14(3,4)21-15(20-13)10-7-6-9(8-11(10)16)18-12(19)17-5/h6-8H,1-5H3,(H2,17,18,19).